The Kier molecular flexibility index (Phi) is 4.36. The maximum atomic E-state index is 12.3. The lowest BCUT2D eigenvalue weighted by Crippen LogP contribution is -2.47. The summed E-state index contributed by atoms with van der Waals surface area (Å²) in [4.78, 5) is 18.7. The minimum Gasteiger partial charge on any atom is -0.348 e. The Bertz CT molecular complexity index is 443. The Hall–Kier alpha value is -1.36. The average molecular weight is 250 g/mol. The monoisotopic (exact) mass is 250 g/mol. The van der Waals surface area contributed by atoms with Crippen LogP contribution in [0.2, 0.25) is 0 Å². The summed E-state index contributed by atoms with van der Waals surface area (Å²) >= 11 is 0. The van der Waals surface area contributed by atoms with Crippen molar-refractivity contribution >= 4 is 5.82 Å². The zero-order valence-corrected chi connectivity index (χ0v) is 11.0. The third-order valence-corrected chi connectivity index (χ3v) is 3.53. The van der Waals surface area contributed by atoms with E-state index in [0.29, 0.717) is 12.4 Å². The molecule has 0 saturated carbocycles. The van der Waals surface area contributed by atoms with Gasteiger partial charge in [-0.15, -0.1) is 0 Å². The normalized spacial score (nSPS) is 20.1. The number of hydrogen-bond acceptors (Lipinski definition) is 4. The van der Waals surface area contributed by atoms with Gasteiger partial charge in [0, 0.05) is 38.1 Å². The predicted molar refractivity (Wildman–Crippen MR) is 72.8 cm³/mol. The second-order valence-corrected chi connectivity index (χ2v) is 4.83. The van der Waals surface area contributed by atoms with Crippen LogP contribution >= 0.6 is 0 Å². The van der Waals surface area contributed by atoms with Crippen molar-refractivity contribution in [2.45, 2.75) is 45.2 Å². The van der Waals surface area contributed by atoms with E-state index >= 15 is 0 Å². The fraction of sp³-hybridized carbons (Fsp3) is 0.692. The fourth-order valence-electron chi connectivity index (χ4n) is 2.57. The highest BCUT2D eigenvalue weighted by Gasteiger charge is 2.24. The van der Waals surface area contributed by atoms with Crippen LogP contribution in [0.15, 0.2) is 17.2 Å². The van der Waals surface area contributed by atoms with Gasteiger partial charge in [-0.3, -0.25) is 4.79 Å². The van der Waals surface area contributed by atoms with Gasteiger partial charge in [0.25, 0.3) is 5.56 Å². The number of aromatic nitrogens is 2. The lowest BCUT2D eigenvalue weighted by Gasteiger charge is -2.35. The van der Waals surface area contributed by atoms with Gasteiger partial charge in [-0.05, 0) is 25.7 Å². The zero-order valence-electron chi connectivity index (χ0n) is 11.0. The Balaban J connectivity index is 2.31. The Morgan fingerprint density at radius 1 is 1.50 bits per heavy atom. The summed E-state index contributed by atoms with van der Waals surface area (Å²) in [5.74, 6) is 0.570. The standard InChI is InChI=1S/C13H22N4O/c1-2-7-16-9-6-15-12(13(16)18)17-8-4-3-5-11(17)10-14/h6,9,11H,2-5,7-8,10,14H2,1H3. The second-order valence-electron chi connectivity index (χ2n) is 4.83. The van der Waals surface area contributed by atoms with Gasteiger partial charge in [0.2, 0.25) is 0 Å². The largest absolute Gasteiger partial charge is 0.348 e. The molecule has 0 aromatic carbocycles. The first kappa shape index (κ1) is 13.1. The summed E-state index contributed by atoms with van der Waals surface area (Å²) in [7, 11) is 0. The van der Waals surface area contributed by atoms with Crippen LogP contribution in [0.1, 0.15) is 32.6 Å². The number of hydrogen-bond donors (Lipinski definition) is 1. The molecule has 2 N–H and O–H groups in total. The van der Waals surface area contributed by atoms with E-state index in [-0.39, 0.29) is 11.6 Å². The molecule has 2 heterocycles. The van der Waals surface area contributed by atoms with E-state index in [9.17, 15) is 4.79 Å². The zero-order chi connectivity index (χ0) is 13.0. The molecular weight excluding hydrogens is 228 g/mol. The van der Waals surface area contributed by atoms with Gasteiger partial charge in [-0.1, -0.05) is 6.92 Å². The number of nitrogens with zero attached hydrogens (tertiary/aromatic N) is 3. The molecule has 1 aromatic rings. The minimum absolute atomic E-state index is 0.0136. The highest BCUT2D eigenvalue weighted by atomic mass is 16.1. The van der Waals surface area contributed by atoms with Gasteiger partial charge < -0.3 is 15.2 Å². The van der Waals surface area contributed by atoms with Crippen molar-refractivity contribution in [3.05, 3.63) is 22.7 Å². The topological polar surface area (TPSA) is 64.2 Å². The van der Waals surface area contributed by atoms with E-state index in [0.717, 1.165) is 32.4 Å². The van der Waals surface area contributed by atoms with Gasteiger partial charge in [0.05, 0.1) is 0 Å². The number of anilines is 1. The van der Waals surface area contributed by atoms with Crippen LogP contribution in [0, 0.1) is 0 Å². The fourth-order valence-corrected chi connectivity index (χ4v) is 2.57. The molecule has 0 amide bonds. The molecule has 1 aliphatic rings. The summed E-state index contributed by atoms with van der Waals surface area (Å²) in [6.45, 7) is 4.29. The number of piperidine rings is 1. The number of aryl methyl sites for hydroxylation is 1. The van der Waals surface area contributed by atoms with Crippen LogP contribution in [0.5, 0.6) is 0 Å². The van der Waals surface area contributed by atoms with Crippen molar-refractivity contribution in [2.24, 2.45) is 5.73 Å². The van der Waals surface area contributed by atoms with Crippen LogP contribution < -0.4 is 16.2 Å². The summed E-state index contributed by atoms with van der Waals surface area (Å²) < 4.78 is 1.74. The van der Waals surface area contributed by atoms with Crippen LogP contribution in [-0.2, 0) is 6.54 Å². The molecule has 5 heteroatoms. The molecule has 1 unspecified atom stereocenters. The van der Waals surface area contributed by atoms with Crippen LogP contribution in [0.3, 0.4) is 0 Å². The van der Waals surface area contributed by atoms with Crippen molar-refractivity contribution in [1.29, 1.82) is 0 Å². The van der Waals surface area contributed by atoms with Gasteiger partial charge in [0.1, 0.15) is 0 Å². The molecule has 5 nitrogen and oxygen atoms in total. The molecule has 0 aliphatic carbocycles. The van der Waals surface area contributed by atoms with E-state index < -0.39 is 0 Å². The molecule has 0 radical (unpaired) electrons. The molecule has 1 aliphatic heterocycles. The van der Waals surface area contributed by atoms with Crippen molar-refractivity contribution in [3.63, 3.8) is 0 Å². The van der Waals surface area contributed by atoms with Crippen LogP contribution in [-0.4, -0.2) is 28.7 Å². The van der Waals surface area contributed by atoms with Crippen molar-refractivity contribution in [3.8, 4) is 0 Å². The summed E-state index contributed by atoms with van der Waals surface area (Å²) in [6, 6.07) is 0.261. The maximum absolute atomic E-state index is 12.3. The first-order valence-electron chi connectivity index (χ1n) is 6.80. The third-order valence-electron chi connectivity index (χ3n) is 3.53. The summed E-state index contributed by atoms with van der Waals surface area (Å²) in [6.07, 6.45) is 7.78. The van der Waals surface area contributed by atoms with E-state index in [2.05, 4.69) is 16.8 Å². The van der Waals surface area contributed by atoms with E-state index in [1.165, 1.54) is 6.42 Å². The first-order chi connectivity index (χ1) is 8.77. The van der Waals surface area contributed by atoms with Crippen LogP contribution in [0.25, 0.3) is 0 Å². The molecule has 100 valence electrons. The van der Waals surface area contributed by atoms with Crippen molar-refractivity contribution < 1.29 is 0 Å². The van der Waals surface area contributed by atoms with Gasteiger partial charge >= 0.3 is 0 Å². The lowest BCUT2D eigenvalue weighted by atomic mass is 10.0. The van der Waals surface area contributed by atoms with Gasteiger partial charge in [-0.2, -0.15) is 0 Å². The number of nitrogens with two attached hydrogens (primary N) is 1. The first-order valence-corrected chi connectivity index (χ1v) is 6.80. The van der Waals surface area contributed by atoms with Crippen molar-refractivity contribution in [2.75, 3.05) is 18.0 Å². The molecule has 18 heavy (non-hydrogen) atoms. The highest BCUT2D eigenvalue weighted by Crippen LogP contribution is 2.19. The SMILES string of the molecule is CCCn1ccnc(N2CCCCC2CN)c1=O. The minimum atomic E-state index is 0.0136. The van der Waals surface area contributed by atoms with Crippen molar-refractivity contribution in [1.82, 2.24) is 9.55 Å². The lowest BCUT2D eigenvalue weighted by molar-refractivity contribution is 0.458. The van der Waals surface area contributed by atoms with E-state index in [4.69, 9.17) is 5.73 Å². The van der Waals surface area contributed by atoms with E-state index in [1.54, 1.807) is 17.0 Å². The predicted octanol–water partition coefficient (Wildman–Crippen LogP) is 0.971. The van der Waals surface area contributed by atoms with Gasteiger partial charge in [0.15, 0.2) is 5.82 Å². The average Bonchev–Trinajstić information content (AvgIpc) is 2.41. The van der Waals surface area contributed by atoms with Crippen LogP contribution in [0.4, 0.5) is 5.82 Å². The summed E-state index contributed by atoms with van der Waals surface area (Å²) in [5, 5.41) is 0. The molecule has 2 rings (SSSR count). The Morgan fingerprint density at radius 2 is 2.33 bits per heavy atom. The molecule has 1 aromatic heterocycles. The quantitative estimate of drug-likeness (QED) is 0.865. The maximum Gasteiger partial charge on any atom is 0.293 e. The molecule has 0 bridgehead atoms. The third kappa shape index (κ3) is 2.56. The molecular formula is C13H22N4O. The highest BCUT2D eigenvalue weighted by molar-refractivity contribution is 5.38. The molecule has 1 saturated heterocycles. The Morgan fingerprint density at radius 3 is 3.06 bits per heavy atom. The second kappa shape index (κ2) is 6.00. The van der Waals surface area contributed by atoms with E-state index in [1.807, 2.05) is 0 Å². The molecule has 0 spiro atoms. The Labute approximate surface area is 108 Å². The summed E-state index contributed by atoms with van der Waals surface area (Å²) in [5.41, 5.74) is 5.81. The number of rotatable bonds is 4. The van der Waals surface area contributed by atoms with Gasteiger partial charge in [-0.25, -0.2) is 4.98 Å². The smallest absolute Gasteiger partial charge is 0.293 e. The molecule has 1 atom stereocenters. The molecule has 1 fully saturated rings.